The first-order valence-corrected chi connectivity index (χ1v) is 4.17. The molecular formula is C3H6Cl2O2S. The van der Waals surface area contributed by atoms with Crippen molar-refractivity contribution in [3.05, 3.63) is 0 Å². The maximum Gasteiger partial charge on any atom is 0.158 e. The smallest absolute Gasteiger partial charge is 0.158 e. The van der Waals surface area contributed by atoms with Crippen molar-refractivity contribution in [1.29, 1.82) is 0 Å². The quantitative estimate of drug-likeness (QED) is 0.516. The molecular weight excluding hydrogens is 171 g/mol. The number of halogens is 2. The Bertz CT molecular complexity index is 83.4. The second kappa shape index (κ2) is 4.56. The largest absolute Gasteiger partial charge is 0.306 e. The van der Waals surface area contributed by atoms with Gasteiger partial charge < -0.3 is 4.55 Å². The third-order valence-electron chi connectivity index (χ3n) is 0.629. The zero-order valence-electron chi connectivity index (χ0n) is 4.01. The maximum atomic E-state index is 10.1. The summed E-state index contributed by atoms with van der Waals surface area (Å²) in [6.45, 7) is 0. The van der Waals surface area contributed by atoms with E-state index >= 15 is 0 Å². The fourth-order valence-electron chi connectivity index (χ4n) is 0.149. The van der Waals surface area contributed by atoms with Crippen molar-refractivity contribution < 1.29 is 8.76 Å². The van der Waals surface area contributed by atoms with E-state index in [2.05, 4.69) is 0 Å². The SMILES string of the molecule is O=S(O)C(CCl)CCl. The number of rotatable bonds is 3. The Morgan fingerprint density at radius 1 is 1.50 bits per heavy atom. The number of hydrogen-bond donors (Lipinski definition) is 1. The molecule has 50 valence electrons. The minimum Gasteiger partial charge on any atom is -0.306 e. The van der Waals surface area contributed by atoms with Gasteiger partial charge in [0, 0.05) is 11.8 Å². The lowest BCUT2D eigenvalue weighted by Gasteiger charge is -2.00. The fraction of sp³-hybridized carbons (Fsp3) is 1.00. The molecule has 8 heavy (non-hydrogen) atoms. The van der Waals surface area contributed by atoms with Crippen LogP contribution in [0.5, 0.6) is 0 Å². The van der Waals surface area contributed by atoms with Gasteiger partial charge in [0.2, 0.25) is 0 Å². The third-order valence-corrected chi connectivity index (χ3v) is 2.64. The molecule has 1 unspecified atom stereocenters. The molecule has 0 radical (unpaired) electrons. The van der Waals surface area contributed by atoms with Crippen LogP contribution in [0.1, 0.15) is 0 Å². The van der Waals surface area contributed by atoms with Gasteiger partial charge in [-0.3, -0.25) is 0 Å². The lowest BCUT2D eigenvalue weighted by Crippen LogP contribution is -2.17. The van der Waals surface area contributed by atoms with Gasteiger partial charge in [0.25, 0.3) is 0 Å². The van der Waals surface area contributed by atoms with Crippen molar-refractivity contribution in [2.24, 2.45) is 0 Å². The van der Waals surface area contributed by atoms with Gasteiger partial charge in [0.15, 0.2) is 11.1 Å². The highest BCUT2D eigenvalue weighted by Gasteiger charge is 2.10. The van der Waals surface area contributed by atoms with Gasteiger partial charge in [-0.15, -0.1) is 23.2 Å². The third kappa shape index (κ3) is 2.87. The topological polar surface area (TPSA) is 37.3 Å². The first-order chi connectivity index (χ1) is 3.72. The molecule has 0 aliphatic rings. The summed E-state index contributed by atoms with van der Waals surface area (Å²) in [5.74, 6) is 0.263. The lowest BCUT2D eigenvalue weighted by molar-refractivity contribution is 0.556. The Hall–Kier alpha value is 0.690. The van der Waals surface area contributed by atoms with E-state index in [1.807, 2.05) is 0 Å². The highest BCUT2D eigenvalue weighted by molar-refractivity contribution is 7.80. The van der Waals surface area contributed by atoms with Crippen molar-refractivity contribution in [3.8, 4) is 0 Å². The molecule has 0 rings (SSSR count). The molecule has 0 aliphatic carbocycles. The van der Waals surface area contributed by atoms with Crippen molar-refractivity contribution in [2.75, 3.05) is 11.8 Å². The van der Waals surface area contributed by atoms with Gasteiger partial charge in [0.1, 0.15) is 0 Å². The first-order valence-electron chi connectivity index (χ1n) is 1.94. The van der Waals surface area contributed by atoms with Gasteiger partial charge in [0.05, 0.1) is 5.25 Å². The van der Waals surface area contributed by atoms with Crippen LogP contribution in [0.4, 0.5) is 0 Å². The van der Waals surface area contributed by atoms with Crippen LogP contribution in [0.3, 0.4) is 0 Å². The van der Waals surface area contributed by atoms with Crippen LogP contribution in [-0.2, 0) is 11.1 Å². The molecule has 0 saturated carbocycles. The molecule has 0 spiro atoms. The van der Waals surface area contributed by atoms with Crippen LogP contribution in [0.25, 0.3) is 0 Å². The molecule has 0 saturated heterocycles. The average Bonchev–Trinajstić information content (AvgIpc) is 1.69. The van der Waals surface area contributed by atoms with Gasteiger partial charge in [-0.05, 0) is 0 Å². The Balaban J connectivity index is 3.52. The van der Waals surface area contributed by atoms with Gasteiger partial charge in [-0.1, -0.05) is 0 Å². The summed E-state index contributed by atoms with van der Waals surface area (Å²) in [6, 6.07) is 0. The summed E-state index contributed by atoms with van der Waals surface area (Å²) in [5.41, 5.74) is 0. The Morgan fingerprint density at radius 3 is 1.88 bits per heavy atom. The average molecular weight is 177 g/mol. The van der Waals surface area contributed by atoms with Crippen LogP contribution in [0.15, 0.2) is 0 Å². The normalized spacial score (nSPS) is 14.5. The lowest BCUT2D eigenvalue weighted by atomic mass is 10.6. The van der Waals surface area contributed by atoms with Crippen LogP contribution >= 0.6 is 23.2 Å². The molecule has 2 nitrogen and oxygen atoms in total. The van der Waals surface area contributed by atoms with E-state index in [1.165, 1.54) is 0 Å². The Kier molecular flexibility index (Phi) is 4.95. The van der Waals surface area contributed by atoms with E-state index in [1.54, 1.807) is 0 Å². The highest BCUT2D eigenvalue weighted by atomic mass is 35.5. The van der Waals surface area contributed by atoms with E-state index in [0.717, 1.165) is 0 Å². The van der Waals surface area contributed by atoms with Gasteiger partial charge in [-0.25, -0.2) is 4.21 Å². The fourth-order valence-corrected chi connectivity index (χ4v) is 1.34. The van der Waals surface area contributed by atoms with Crippen LogP contribution in [0, 0.1) is 0 Å². The monoisotopic (exact) mass is 176 g/mol. The minimum absolute atomic E-state index is 0.132. The molecule has 0 heterocycles. The summed E-state index contributed by atoms with van der Waals surface area (Å²) in [6.07, 6.45) is 0. The molecule has 0 aromatic heterocycles. The summed E-state index contributed by atoms with van der Waals surface area (Å²) < 4.78 is 18.4. The van der Waals surface area contributed by atoms with E-state index in [-0.39, 0.29) is 11.8 Å². The predicted molar refractivity (Wildman–Crippen MR) is 36.0 cm³/mol. The molecule has 1 atom stereocenters. The van der Waals surface area contributed by atoms with Crippen LogP contribution in [-0.4, -0.2) is 25.8 Å². The summed E-state index contributed by atoms with van der Waals surface area (Å²) >= 11 is 8.58. The zero-order chi connectivity index (χ0) is 6.57. The standard InChI is InChI=1S/C3H6Cl2O2S/c4-1-3(2-5)8(6)7/h3H,1-2H2,(H,6,7). The summed E-state index contributed by atoms with van der Waals surface area (Å²) in [5, 5.41) is -0.488. The van der Waals surface area contributed by atoms with E-state index in [0.29, 0.717) is 0 Å². The maximum absolute atomic E-state index is 10.1. The second-order valence-corrected chi connectivity index (χ2v) is 3.04. The Morgan fingerprint density at radius 2 is 1.88 bits per heavy atom. The van der Waals surface area contributed by atoms with Gasteiger partial charge >= 0.3 is 0 Å². The van der Waals surface area contributed by atoms with Crippen molar-refractivity contribution in [2.45, 2.75) is 5.25 Å². The molecule has 1 N–H and O–H groups in total. The van der Waals surface area contributed by atoms with E-state index in [9.17, 15) is 4.21 Å². The predicted octanol–water partition coefficient (Wildman–Crippen LogP) is 1.05. The molecule has 5 heteroatoms. The zero-order valence-corrected chi connectivity index (χ0v) is 6.34. The molecule has 0 bridgehead atoms. The molecule has 0 amide bonds. The molecule has 0 aliphatic heterocycles. The van der Waals surface area contributed by atoms with Crippen LogP contribution in [0.2, 0.25) is 0 Å². The Labute approximate surface area is 60.5 Å². The van der Waals surface area contributed by atoms with Crippen molar-refractivity contribution in [1.82, 2.24) is 0 Å². The van der Waals surface area contributed by atoms with Crippen molar-refractivity contribution >= 4 is 34.3 Å². The summed E-state index contributed by atoms with van der Waals surface area (Å²) in [7, 11) is 0. The molecule has 0 aromatic carbocycles. The first kappa shape index (κ1) is 8.69. The summed E-state index contributed by atoms with van der Waals surface area (Å²) in [4.78, 5) is 0. The minimum atomic E-state index is -1.87. The second-order valence-electron chi connectivity index (χ2n) is 1.21. The molecule has 0 aromatic rings. The highest BCUT2D eigenvalue weighted by Crippen LogP contribution is 1.98. The van der Waals surface area contributed by atoms with Gasteiger partial charge in [-0.2, -0.15) is 0 Å². The van der Waals surface area contributed by atoms with E-state index < -0.39 is 16.3 Å². The molecule has 0 fully saturated rings. The van der Waals surface area contributed by atoms with E-state index in [4.69, 9.17) is 27.8 Å². The number of alkyl halides is 2. The number of hydrogen-bond acceptors (Lipinski definition) is 1. The van der Waals surface area contributed by atoms with Crippen molar-refractivity contribution in [3.63, 3.8) is 0 Å². The van der Waals surface area contributed by atoms with Crippen LogP contribution < -0.4 is 0 Å².